The Labute approximate surface area is 155 Å². The second kappa shape index (κ2) is 8.39. The number of benzene rings is 2. The molecule has 0 radical (unpaired) electrons. The fourth-order valence-corrected chi connectivity index (χ4v) is 3.03. The third kappa shape index (κ3) is 4.76. The van der Waals surface area contributed by atoms with Crippen molar-refractivity contribution in [1.82, 2.24) is 5.32 Å². The molecule has 2 atom stereocenters. The number of para-hydroxylation sites is 1. The maximum atomic E-state index is 12.7. The lowest BCUT2D eigenvalue weighted by Crippen LogP contribution is -2.39. The molecule has 1 N–H and O–H groups in total. The molecule has 0 saturated heterocycles. The summed E-state index contributed by atoms with van der Waals surface area (Å²) in [5, 5.41) is 3.57. The quantitative estimate of drug-likeness (QED) is 0.760. The fraction of sp³-hybridized carbons (Fsp3) is 0.381. The number of aryl methyl sites for hydroxylation is 3. The number of carbonyl (C=O) groups is 1. The zero-order valence-electron chi connectivity index (χ0n) is 15.5. The number of hydrogen-bond acceptors (Lipinski definition) is 2. The Hall–Kier alpha value is -2.00. The van der Waals surface area contributed by atoms with Gasteiger partial charge in [0.15, 0.2) is 6.10 Å². The van der Waals surface area contributed by atoms with Crippen molar-refractivity contribution in [3.63, 3.8) is 0 Å². The standard InChI is InChI=1S/C21H26ClNO2/c1-6-19(25-20-10-8-7-9-18(20)22)21(24)23-16(5)17-12-14(3)13(2)11-15(17)4/h7-12,16,19H,6H2,1-5H3,(H,23,24)/t16-,19+/m0/s1. The van der Waals surface area contributed by atoms with Crippen molar-refractivity contribution in [2.75, 3.05) is 0 Å². The van der Waals surface area contributed by atoms with E-state index in [0.29, 0.717) is 17.2 Å². The summed E-state index contributed by atoms with van der Waals surface area (Å²) in [5.41, 5.74) is 4.79. The van der Waals surface area contributed by atoms with Crippen molar-refractivity contribution in [3.8, 4) is 5.75 Å². The first-order chi connectivity index (χ1) is 11.8. The van der Waals surface area contributed by atoms with E-state index in [2.05, 4.69) is 38.2 Å². The minimum absolute atomic E-state index is 0.0873. The molecule has 0 aromatic heterocycles. The van der Waals surface area contributed by atoms with Crippen LogP contribution in [0.3, 0.4) is 0 Å². The van der Waals surface area contributed by atoms with E-state index in [9.17, 15) is 4.79 Å². The number of halogens is 1. The first-order valence-corrected chi connectivity index (χ1v) is 9.00. The van der Waals surface area contributed by atoms with E-state index >= 15 is 0 Å². The molecule has 3 nitrogen and oxygen atoms in total. The van der Waals surface area contributed by atoms with Crippen LogP contribution in [0.4, 0.5) is 0 Å². The van der Waals surface area contributed by atoms with Gasteiger partial charge in [-0.2, -0.15) is 0 Å². The molecule has 0 saturated carbocycles. The first kappa shape index (κ1) is 19.3. The van der Waals surface area contributed by atoms with E-state index in [-0.39, 0.29) is 11.9 Å². The minimum atomic E-state index is -0.575. The van der Waals surface area contributed by atoms with Gasteiger partial charge in [0, 0.05) is 0 Å². The second-order valence-electron chi connectivity index (χ2n) is 6.47. The molecule has 4 heteroatoms. The second-order valence-corrected chi connectivity index (χ2v) is 6.88. The fourth-order valence-electron chi connectivity index (χ4n) is 2.85. The smallest absolute Gasteiger partial charge is 0.261 e. The van der Waals surface area contributed by atoms with Crippen LogP contribution in [0, 0.1) is 20.8 Å². The van der Waals surface area contributed by atoms with E-state index in [4.69, 9.17) is 16.3 Å². The van der Waals surface area contributed by atoms with Crippen LogP contribution < -0.4 is 10.1 Å². The van der Waals surface area contributed by atoms with E-state index in [1.807, 2.05) is 26.0 Å². The number of carbonyl (C=O) groups excluding carboxylic acids is 1. The van der Waals surface area contributed by atoms with Gasteiger partial charge in [-0.05, 0) is 68.5 Å². The minimum Gasteiger partial charge on any atom is -0.479 e. The van der Waals surface area contributed by atoms with Gasteiger partial charge in [0.2, 0.25) is 0 Å². The van der Waals surface area contributed by atoms with Crippen LogP contribution in [0.25, 0.3) is 0 Å². The molecule has 0 aliphatic rings. The monoisotopic (exact) mass is 359 g/mol. The zero-order valence-corrected chi connectivity index (χ0v) is 16.3. The summed E-state index contributed by atoms with van der Waals surface area (Å²) in [4.78, 5) is 12.7. The van der Waals surface area contributed by atoms with Gasteiger partial charge < -0.3 is 10.1 Å². The third-order valence-electron chi connectivity index (χ3n) is 4.48. The molecule has 25 heavy (non-hydrogen) atoms. The predicted molar refractivity (Wildman–Crippen MR) is 103 cm³/mol. The van der Waals surface area contributed by atoms with Crippen molar-refractivity contribution in [3.05, 3.63) is 63.7 Å². The molecule has 0 heterocycles. The van der Waals surface area contributed by atoms with E-state index < -0.39 is 6.10 Å². The maximum Gasteiger partial charge on any atom is 0.261 e. The Morgan fingerprint density at radius 3 is 2.40 bits per heavy atom. The molecule has 0 aliphatic carbocycles. The van der Waals surface area contributed by atoms with Crippen molar-refractivity contribution in [2.45, 2.75) is 53.2 Å². The Morgan fingerprint density at radius 2 is 1.76 bits per heavy atom. The highest BCUT2D eigenvalue weighted by atomic mass is 35.5. The molecular formula is C21H26ClNO2. The third-order valence-corrected chi connectivity index (χ3v) is 4.79. The van der Waals surface area contributed by atoms with Crippen molar-refractivity contribution < 1.29 is 9.53 Å². The number of rotatable bonds is 6. The van der Waals surface area contributed by atoms with Crippen LogP contribution >= 0.6 is 11.6 Å². The Bertz CT molecular complexity index is 758. The molecule has 0 bridgehead atoms. The lowest BCUT2D eigenvalue weighted by molar-refractivity contribution is -0.128. The topological polar surface area (TPSA) is 38.3 Å². The Balaban J connectivity index is 2.11. The highest BCUT2D eigenvalue weighted by Gasteiger charge is 2.22. The summed E-state index contributed by atoms with van der Waals surface area (Å²) in [5.74, 6) is 0.397. The molecule has 134 valence electrons. The van der Waals surface area contributed by atoms with E-state index in [1.165, 1.54) is 16.7 Å². The summed E-state index contributed by atoms with van der Waals surface area (Å²) in [6, 6.07) is 11.4. The number of ether oxygens (including phenoxy) is 1. The highest BCUT2D eigenvalue weighted by Crippen LogP contribution is 2.26. The zero-order chi connectivity index (χ0) is 18.6. The molecule has 0 aliphatic heterocycles. The van der Waals surface area contributed by atoms with Crippen molar-refractivity contribution >= 4 is 17.5 Å². The van der Waals surface area contributed by atoms with Gasteiger partial charge in [-0.25, -0.2) is 0 Å². The van der Waals surface area contributed by atoms with Gasteiger partial charge >= 0.3 is 0 Å². The van der Waals surface area contributed by atoms with Gasteiger partial charge in [0.05, 0.1) is 11.1 Å². The largest absolute Gasteiger partial charge is 0.479 e. The summed E-state index contributed by atoms with van der Waals surface area (Å²) < 4.78 is 5.82. The molecule has 1 amide bonds. The number of amides is 1. The maximum absolute atomic E-state index is 12.7. The van der Waals surface area contributed by atoms with Crippen LogP contribution in [0.15, 0.2) is 36.4 Å². The molecule has 2 aromatic rings. The Kier molecular flexibility index (Phi) is 6.49. The van der Waals surface area contributed by atoms with Gasteiger partial charge in [0.1, 0.15) is 5.75 Å². The lowest BCUT2D eigenvalue weighted by Gasteiger charge is -2.22. The Morgan fingerprint density at radius 1 is 1.12 bits per heavy atom. The molecule has 2 rings (SSSR count). The average molecular weight is 360 g/mol. The molecular weight excluding hydrogens is 334 g/mol. The number of nitrogens with one attached hydrogen (secondary N) is 1. The van der Waals surface area contributed by atoms with E-state index in [1.54, 1.807) is 12.1 Å². The average Bonchev–Trinajstić information content (AvgIpc) is 2.57. The molecule has 0 spiro atoms. The van der Waals surface area contributed by atoms with Gasteiger partial charge in [-0.3, -0.25) is 4.79 Å². The molecule has 2 aromatic carbocycles. The summed E-state index contributed by atoms with van der Waals surface area (Å²) in [6.07, 6.45) is -0.00965. The summed E-state index contributed by atoms with van der Waals surface area (Å²) >= 11 is 6.13. The van der Waals surface area contributed by atoms with Crippen LogP contribution in [0.2, 0.25) is 5.02 Å². The summed E-state index contributed by atoms with van der Waals surface area (Å²) in [6.45, 7) is 10.2. The van der Waals surface area contributed by atoms with Gasteiger partial charge in [-0.15, -0.1) is 0 Å². The van der Waals surface area contributed by atoms with Crippen LogP contribution in [0.1, 0.15) is 48.6 Å². The van der Waals surface area contributed by atoms with Gasteiger partial charge in [-0.1, -0.05) is 42.8 Å². The number of hydrogen-bond donors (Lipinski definition) is 1. The van der Waals surface area contributed by atoms with Gasteiger partial charge in [0.25, 0.3) is 5.91 Å². The van der Waals surface area contributed by atoms with Crippen molar-refractivity contribution in [1.29, 1.82) is 0 Å². The lowest BCUT2D eigenvalue weighted by atomic mass is 9.96. The van der Waals surface area contributed by atoms with Crippen molar-refractivity contribution in [2.24, 2.45) is 0 Å². The van der Waals surface area contributed by atoms with Crippen LogP contribution in [-0.2, 0) is 4.79 Å². The summed E-state index contributed by atoms with van der Waals surface area (Å²) in [7, 11) is 0. The molecule has 0 unspecified atom stereocenters. The van der Waals surface area contributed by atoms with E-state index in [0.717, 1.165) is 5.56 Å². The predicted octanol–water partition coefficient (Wildman–Crippen LogP) is 5.30. The molecule has 0 fully saturated rings. The van der Waals surface area contributed by atoms with Crippen LogP contribution in [-0.4, -0.2) is 12.0 Å². The normalized spacial score (nSPS) is 13.2. The first-order valence-electron chi connectivity index (χ1n) is 8.62. The van der Waals surface area contributed by atoms with Crippen LogP contribution in [0.5, 0.6) is 5.75 Å². The SMILES string of the molecule is CC[C@@H](Oc1ccccc1Cl)C(=O)N[C@@H](C)c1cc(C)c(C)cc1C. The highest BCUT2D eigenvalue weighted by molar-refractivity contribution is 6.32.